The Morgan fingerprint density at radius 3 is 2.04 bits per heavy atom. The van der Waals surface area contributed by atoms with Gasteiger partial charge in [-0.2, -0.15) is 0 Å². The van der Waals surface area contributed by atoms with E-state index in [9.17, 15) is 9.59 Å². The molecule has 2 amide bonds. The van der Waals surface area contributed by atoms with Gasteiger partial charge in [0.15, 0.2) is 0 Å². The van der Waals surface area contributed by atoms with Gasteiger partial charge in [-0.15, -0.1) is 0 Å². The van der Waals surface area contributed by atoms with Crippen LogP contribution in [-0.4, -0.2) is 42.5 Å². The molecular weight excluding hydrogens is 292 g/mol. The Hall–Kier alpha value is -2.66. The van der Waals surface area contributed by atoms with E-state index >= 15 is 0 Å². The lowest BCUT2D eigenvalue weighted by Gasteiger charge is -2.10. The maximum absolute atomic E-state index is 12.2. The maximum atomic E-state index is 12.2. The van der Waals surface area contributed by atoms with Gasteiger partial charge in [0.05, 0.1) is 0 Å². The lowest BCUT2D eigenvalue weighted by molar-refractivity contribution is 0.0827. The summed E-state index contributed by atoms with van der Waals surface area (Å²) in [6.07, 6.45) is 0.593. The first-order valence-electron chi connectivity index (χ1n) is 7.34. The third-order valence-electron chi connectivity index (χ3n) is 3.41. The Morgan fingerprint density at radius 1 is 0.957 bits per heavy atom. The van der Waals surface area contributed by atoms with E-state index in [0.717, 1.165) is 5.56 Å². The van der Waals surface area contributed by atoms with Gasteiger partial charge < -0.3 is 15.3 Å². The molecule has 120 valence electrons. The van der Waals surface area contributed by atoms with Crippen molar-refractivity contribution in [1.82, 2.24) is 4.90 Å². The average Bonchev–Trinajstić information content (AvgIpc) is 2.56. The highest BCUT2D eigenvalue weighted by molar-refractivity contribution is 6.05. The number of carbonyl (C=O) groups excluding carboxylic acids is 2. The summed E-state index contributed by atoms with van der Waals surface area (Å²) in [7, 11) is 3.37. The molecule has 23 heavy (non-hydrogen) atoms. The molecule has 0 aliphatic carbocycles. The molecule has 5 nitrogen and oxygen atoms in total. The Kier molecular flexibility index (Phi) is 5.49. The van der Waals surface area contributed by atoms with Crippen LogP contribution in [0.3, 0.4) is 0 Å². The zero-order chi connectivity index (χ0) is 16.8. The zero-order valence-corrected chi connectivity index (χ0v) is 13.2. The number of hydrogen-bond donors (Lipinski definition) is 2. The molecule has 0 bridgehead atoms. The lowest BCUT2D eigenvalue weighted by atomic mass is 10.1. The fraction of sp³-hybridized carbons (Fsp3) is 0.222. The molecule has 2 N–H and O–H groups in total. The molecule has 0 aromatic heterocycles. The fourth-order valence-corrected chi connectivity index (χ4v) is 2.11. The van der Waals surface area contributed by atoms with Crippen molar-refractivity contribution in [2.45, 2.75) is 6.42 Å². The number of amides is 2. The first kappa shape index (κ1) is 16.7. The highest BCUT2D eigenvalue weighted by atomic mass is 16.3. The normalized spacial score (nSPS) is 10.2. The highest BCUT2D eigenvalue weighted by Gasteiger charge is 2.10. The quantitative estimate of drug-likeness (QED) is 0.889. The zero-order valence-electron chi connectivity index (χ0n) is 13.2. The number of rotatable bonds is 5. The topological polar surface area (TPSA) is 69.6 Å². The number of aliphatic hydroxyl groups is 1. The molecule has 2 rings (SSSR count). The van der Waals surface area contributed by atoms with Gasteiger partial charge in [-0.25, -0.2) is 0 Å². The summed E-state index contributed by atoms with van der Waals surface area (Å²) in [5, 5.41) is 11.7. The molecule has 0 saturated carbocycles. The first-order chi connectivity index (χ1) is 11.0. The van der Waals surface area contributed by atoms with E-state index in [4.69, 9.17) is 5.11 Å². The summed E-state index contributed by atoms with van der Waals surface area (Å²) in [4.78, 5) is 25.5. The number of benzene rings is 2. The van der Waals surface area contributed by atoms with Gasteiger partial charge in [-0.1, -0.05) is 12.1 Å². The molecule has 0 unspecified atom stereocenters. The molecule has 0 heterocycles. The number of aliphatic hydroxyl groups excluding tert-OH is 1. The molecule has 0 atom stereocenters. The second-order valence-electron chi connectivity index (χ2n) is 5.40. The molecule has 2 aromatic rings. The van der Waals surface area contributed by atoms with Crippen molar-refractivity contribution in [3.05, 3.63) is 65.2 Å². The van der Waals surface area contributed by atoms with Crippen LogP contribution in [0.4, 0.5) is 5.69 Å². The van der Waals surface area contributed by atoms with Crippen LogP contribution in [0.5, 0.6) is 0 Å². The van der Waals surface area contributed by atoms with Crippen LogP contribution >= 0.6 is 0 Å². The predicted molar refractivity (Wildman–Crippen MR) is 89.6 cm³/mol. The molecule has 0 aliphatic heterocycles. The average molecular weight is 312 g/mol. The second-order valence-corrected chi connectivity index (χ2v) is 5.40. The van der Waals surface area contributed by atoms with Gasteiger partial charge in [-0.05, 0) is 48.4 Å². The number of nitrogens with one attached hydrogen (secondary N) is 1. The molecule has 0 spiro atoms. The van der Waals surface area contributed by atoms with Crippen molar-refractivity contribution in [3.8, 4) is 0 Å². The summed E-state index contributed by atoms with van der Waals surface area (Å²) in [5.74, 6) is -0.333. The summed E-state index contributed by atoms with van der Waals surface area (Å²) in [5.41, 5.74) is 2.72. The highest BCUT2D eigenvalue weighted by Crippen LogP contribution is 2.13. The van der Waals surface area contributed by atoms with Crippen molar-refractivity contribution >= 4 is 17.5 Å². The van der Waals surface area contributed by atoms with E-state index in [2.05, 4.69) is 5.32 Å². The summed E-state index contributed by atoms with van der Waals surface area (Å²) in [6.45, 7) is 0.101. The van der Waals surface area contributed by atoms with Gasteiger partial charge in [0.1, 0.15) is 0 Å². The van der Waals surface area contributed by atoms with Crippen LogP contribution in [0.15, 0.2) is 48.5 Å². The Morgan fingerprint density at radius 2 is 1.52 bits per heavy atom. The van der Waals surface area contributed by atoms with Gasteiger partial charge in [-0.3, -0.25) is 9.59 Å². The van der Waals surface area contributed by atoms with Crippen LogP contribution in [0.1, 0.15) is 26.3 Å². The third-order valence-corrected chi connectivity index (χ3v) is 3.41. The Bertz CT molecular complexity index is 676. The minimum absolute atomic E-state index is 0.101. The van der Waals surface area contributed by atoms with Crippen LogP contribution < -0.4 is 5.32 Å². The van der Waals surface area contributed by atoms with Crippen molar-refractivity contribution in [3.63, 3.8) is 0 Å². The molecule has 0 radical (unpaired) electrons. The molecular formula is C18H20N2O3. The van der Waals surface area contributed by atoms with Crippen LogP contribution in [0, 0.1) is 0 Å². The van der Waals surface area contributed by atoms with E-state index in [0.29, 0.717) is 23.2 Å². The van der Waals surface area contributed by atoms with Crippen molar-refractivity contribution < 1.29 is 14.7 Å². The number of anilines is 1. The molecule has 0 saturated heterocycles. The van der Waals surface area contributed by atoms with Crippen molar-refractivity contribution in [2.75, 3.05) is 26.0 Å². The maximum Gasteiger partial charge on any atom is 0.255 e. The van der Waals surface area contributed by atoms with E-state index < -0.39 is 0 Å². The van der Waals surface area contributed by atoms with Gasteiger partial charge in [0, 0.05) is 37.5 Å². The number of hydrogen-bond acceptors (Lipinski definition) is 3. The summed E-state index contributed by atoms with van der Waals surface area (Å²) in [6, 6.07) is 13.9. The van der Waals surface area contributed by atoms with Crippen molar-refractivity contribution in [2.24, 2.45) is 0 Å². The minimum Gasteiger partial charge on any atom is -0.396 e. The molecule has 2 aromatic carbocycles. The van der Waals surface area contributed by atoms with Crippen molar-refractivity contribution in [1.29, 1.82) is 0 Å². The van der Waals surface area contributed by atoms with E-state index in [1.54, 1.807) is 50.5 Å². The predicted octanol–water partition coefficient (Wildman–Crippen LogP) is 2.18. The van der Waals surface area contributed by atoms with Gasteiger partial charge >= 0.3 is 0 Å². The number of nitrogens with zero attached hydrogens (tertiary/aromatic N) is 1. The van der Waals surface area contributed by atoms with Crippen LogP contribution in [-0.2, 0) is 6.42 Å². The molecule has 0 fully saturated rings. The molecule has 5 heteroatoms. The first-order valence-corrected chi connectivity index (χ1v) is 7.34. The Labute approximate surface area is 135 Å². The second kappa shape index (κ2) is 7.56. The largest absolute Gasteiger partial charge is 0.396 e. The third kappa shape index (κ3) is 4.40. The van der Waals surface area contributed by atoms with E-state index in [-0.39, 0.29) is 18.4 Å². The minimum atomic E-state index is -0.233. The van der Waals surface area contributed by atoms with Crippen LogP contribution in [0.25, 0.3) is 0 Å². The van der Waals surface area contributed by atoms with Gasteiger partial charge in [0.25, 0.3) is 11.8 Å². The van der Waals surface area contributed by atoms with Crippen LogP contribution in [0.2, 0.25) is 0 Å². The Balaban J connectivity index is 2.04. The summed E-state index contributed by atoms with van der Waals surface area (Å²) < 4.78 is 0. The smallest absolute Gasteiger partial charge is 0.255 e. The van der Waals surface area contributed by atoms with E-state index in [1.807, 2.05) is 12.1 Å². The molecule has 0 aliphatic rings. The fourth-order valence-electron chi connectivity index (χ4n) is 2.11. The SMILES string of the molecule is CN(C)C(=O)c1ccc(C(=O)Nc2ccc(CCO)cc2)cc1. The number of carbonyl (C=O) groups is 2. The van der Waals surface area contributed by atoms with E-state index in [1.165, 1.54) is 4.90 Å². The lowest BCUT2D eigenvalue weighted by Crippen LogP contribution is -2.21. The monoisotopic (exact) mass is 312 g/mol. The summed E-state index contributed by atoms with van der Waals surface area (Å²) >= 11 is 0. The standard InChI is InChI=1S/C18H20N2O3/c1-20(2)18(23)15-7-5-14(6-8-15)17(22)19-16-9-3-13(4-10-16)11-12-21/h3-10,21H,11-12H2,1-2H3,(H,19,22). The van der Waals surface area contributed by atoms with Gasteiger partial charge in [0.2, 0.25) is 0 Å².